The molecule has 0 aromatic heterocycles. The van der Waals surface area contributed by atoms with Crippen molar-refractivity contribution in [2.45, 2.75) is 36.6 Å². The number of nitrogens with one attached hydrogen (secondary N) is 1. The molecule has 0 aliphatic carbocycles. The van der Waals surface area contributed by atoms with Crippen LogP contribution in [0.25, 0.3) is 0 Å². The maximum Gasteiger partial charge on any atom is 0.408 e. The Labute approximate surface area is 154 Å². The number of amides is 1. The molecule has 2 rings (SSSR count). The van der Waals surface area contributed by atoms with Gasteiger partial charge in [-0.05, 0) is 50.6 Å². The van der Waals surface area contributed by atoms with Crippen molar-refractivity contribution in [3.05, 3.63) is 60.2 Å². The number of rotatable bonds is 5. The molecule has 0 aliphatic heterocycles. The van der Waals surface area contributed by atoms with Crippen molar-refractivity contribution in [3.63, 3.8) is 0 Å². The normalized spacial score (nSPS) is 12.9. The van der Waals surface area contributed by atoms with Gasteiger partial charge in [0, 0.05) is 0 Å². The summed E-state index contributed by atoms with van der Waals surface area (Å²) in [6.45, 7) is 5.13. The van der Waals surface area contributed by atoms with Crippen LogP contribution in [0.1, 0.15) is 31.7 Å². The van der Waals surface area contributed by atoms with Gasteiger partial charge in [-0.15, -0.1) is 0 Å². The van der Waals surface area contributed by atoms with E-state index in [2.05, 4.69) is 5.32 Å². The Morgan fingerprint density at radius 2 is 1.58 bits per heavy atom. The Morgan fingerprint density at radius 1 is 1.00 bits per heavy atom. The molecular formula is C19H23NO5S. The summed E-state index contributed by atoms with van der Waals surface area (Å²) in [4.78, 5) is 12.3. The van der Waals surface area contributed by atoms with E-state index in [0.717, 1.165) is 0 Å². The van der Waals surface area contributed by atoms with E-state index in [4.69, 9.17) is 9.47 Å². The lowest BCUT2D eigenvalue weighted by Crippen LogP contribution is -2.38. The number of carbonyl (C=O) groups is 1. The van der Waals surface area contributed by atoms with Crippen LogP contribution in [0.2, 0.25) is 0 Å². The number of carbonyl (C=O) groups excluding carboxylic acids is 1. The van der Waals surface area contributed by atoms with Crippen LogP contribution in [0, 0.1) is 0 Å². The highest BCUT2D eigenvalue weighted by Crippen LogP contribution is 2.28. The molecule has 26 heavy (non-hydrogen) atoms. The second kappa shape index (κ2) is 7.78. The highest BCUT2D eigenvalue weighted by Gasteiger charge is 2.32. The largest absolute Gasteiger partial charge is 0.497 e. The average molecular weight is 377 g/mol. The molecule has 0 spiro atoms. The lowest BCUT2D eigenvalue weighted by molar-refractivity contribution is 0.0519. The number of hydrogen-bond donors (Lipinski definition) is 1. The molecule has 0 radical (unpaired) electrons. The number of methoxy groups -OCH3 is 1. The molecule has 1 amide bonds. The molecule has 0 aliphatic rings. The SMILES string of the molecule is COc1ccc([C@@H](NC(=O)OC(C)(C)C)S(=O)(=O)c2ccccc2)cc1. The van der Waals surface area contributed by atoms with Crippen LogP contribution < -0.4 is 10.1 Å². The Bertz CT molecular complexity index is 840. The van der Waals surface area contributed by atoms with Crippen molar-refractivity contribution in [3.8, 4) is 5.75 Å². The predicted molar refractivity (Wildman–Crippen MR) is 98.7 cm³/mol. The third-order valence-electron chi connectivity index (χ3n) is 3.45. The lowest BCUT2D eigenvalue weighted by atomic mass is 10.2. The van der Waals surface area contributed by atoms with Crippen molar-refractivity contribution in [1.82, 2.24) is 5.32 Å². The van der Waals surface area contributed by atoms with Gasteiger partial charge in [0.2, 0.25) is 9.84 Å². The van der Waals surface area contributed by atoms with E-state index in [-0.39, 0.29) is 4.90 Å². The van der Waals surface area contributed by atoms with Crippen LogP contribution >= 0.6 is 0 Å². The molecule has 0 fully saturated rings. The van der Waals surface area contributed by atoms with Crippen molar-refractivity contribution in [2.75, 3.05) is 7.11 Å². The van der Waals surface area contributed by atoms with Crippen molar-refractivity contribution in [2.24, 2.45) is 0 Å². The van der Waals surface area contributed by atoms with Crippen molar-refractivity contribution in [1.29, 1.82) is 0 Å². The smallest absolute Gasteiger partial charge is 0.408 e. The van der Waals surface area contributed by atoms with Gasteiger partial charge in [-0.2, -0.15) is 0 Å². The first-order valence-corrected chi connectivity index (χ1v) is 9.60. The van der Waals surface area contributed by atoms with Gasteiger partial charge in [-0.1, -0.05) is 30.3 Å². The van der Waals surface area contributed by atoms with E-state index in [1.807, 2.05) is 0 Å². The van der Waals surface area contributed by atoms with Gasteiger partial charge < -0.3 is 14.8 Å². The Balaban J connectivity index is 2.42. The minimum absolute atomic E-state index is 0.108. The van der Waals surface area contributed by atoms with Crippen LogP contribution in [-0.2, 0) is 14.6 Å². The summed E-state index contributed by atoms with van der Waals surface area (Å²) >= 11 is 0. The summed E-state index contributed by atoms with van der Waals surface area (Å²) in [5.74, 6) is 0.585. The van der Waals surface area contributed by atoms with Gasteiger partial charge in [-0.25, -0.2) is 13.2 Å². The molecule has 0 bridgehead atoms. The molecule has 1 N–H and O–H groups in total. The number of benzene rings is 2. The maximum atomic E-state index is 13.1. The van der Waals surface area contributed by atoms with Crippen LogP contribution in [-0.4, -0.2) is 27.2 Å². The average Bonchev–Trinajstić information content (AvgIpc) is 2.59. The molecule has 0 heterocycles. The van der Waals surface area contributed by atoms with Crippen LogP contribution in [0.5, 0.6) is 5.75 Å². The number of hydrogen-bond acceptors (Lipinski definition) is 5. The Hall–Kier alpha value is -2.54. The van der Waals surface area contributed by atoms with Gasteiger partial charge in [-0.3, -0.25) is 0 Å². The minimum atomic E-state index is -3.88. The molecule has 0 unspecified atom stereocenters. The fourth-order valence-electron chi connectivity index (χ4n) is 2.28. The standard InChI is InChI=1S/C19H23NO5S/c1-19(2,3)25-18(21)20-17(14-10-12-15(24-4)13-11-14)26(22,23)16-8-6-5-7-9-16/h5-13,17H,1-4H3,(H,20,21)/t17-/m0/s1. The molecule has 0 saturated heterocycles. The Morgan fingerprint density at radius 3 is 2.08 bits per heavy atom. The van der Waals surface area contributed by atoms with E-state index in [1.54, 1.807) is 63.2 Å². The van der Waals surface area contributed by atoms with Crippen molar-refractivity contribution < 1.29 is 22.7 Å². The van der Waals surface area contributed by atoms with Crippen LogP contribution in [0.3, 0.4) is 0 Å². The zero-order chi connectivity index (χ0) is 19.4. The monoisotopic (exact) mass is 377 g/mol. The Kier molecular flexibility index (Phi) is 5.92. The molecule has 2 aromatic carbocycles. The predicted octanol–water partition coefficient (Wildman–Crippen LogP) is 3.69. The van der Waals surface area contributed by atoms with Gasteiger partial charge in [0.15, 0.2) is 5.37 Å². The van der Waals surface area contributed by atoms with E-state index in [0.29, 0.717) is 11.3 Å². The summed E-state index contributed by atoms with van der Waals surface area (Å²) in [6, 6.07) is 14.4. The van der Waals surface area contributed by atoms with Crippen LogP contribution in [0.4, 0.5) is 4.79 Å². The molecule has 6 nitrogen and oxygen atoms in total. The molecular weight excluding hydrogens is 354 g/mol. The van der Waals surface area contributed by atoms with Gasteiger partial charge in [0.1, 0.15) is 11.4 Å². The van der Waals surface area contributed by atoms with E-state index >= 15 is 0 Å². The second-order valence-corrected chi connectivity index (χ2v) is 8.69. The molecule has 7 heteroatoms. The molecule has 1 atom stereocenters. The molecule has 2 aromatic rings. The van der Waals surface area contributed by atoms with Crippen molar-refractivity contribution >= 4 is 15.9 Å². The van der Waals surface area contributed by atoms with Gasteiger partial charge in [0.05, 0.1) is 12.0 Å². The minimum Gasteiger partial charge on any atom is -0.497 e. The number of ether oxygens (including phenoxy) is 2. The zero-order valence-electron chi connectivity index (χ0n) is 15.2. The maximum absolute atomic E-state index is 13.1. The first-order chi connectivity index (χ1) is 12.1. The fraction of sp³-hybridized carbons (Fsp3) is 0.316. The first kappa shape index (κ1) is 19.8. The van der Waals surface area contributed by atoms with Crippen LogP contribution in [0.15, 0.2) is 59.5 Å². The highest BCUT2D eigenvalue weighted by atomic mass is 32.2. The quantitative estimate of drug-likeness (QED) is 0.859. The lowest BCUT2D eigenvalue weighted by Gasteiger charge is -2.24. The molecule has 140 valence electrons. The summed E-state index contributed by atoms with van der Waals surface area (Å²) in [5.41, 5.74) is -0.342. The summed E-state index contributed by atoms with van der Waals surface area (Å²) < 4.78 is 36.5. The molecule has 0 saturated carbocycles. The number of alkyl carbamates (subject to hydrolysis) is 1. The summed E-state index contributed by atoms with van der Waals surface area (Å²) in [5, 5.41) is 1.19. The highest BCUT2D eigenvalue weighted by molar-refractivity contribution is 7.91. The van der Waals surface area contributed by atoms with Gasteiger partial charge in [0.25, 0.3) is 0 Å². The zero-order valence-corrected chi connectivity index (χ0v) is 16.0. The summed E-state index contributed by atoms with van der Waals surface area (Å²) in [7, 11) is -2.36. The first-order valence-electron chi connectivity index (χ1n) is 8.06. The third kappa shape index (κ3) is 4.98. The topological polar surface area (TPSA) is 81.7 Å². The second-order valence-electron chi connectivity index (χ2n) is 6.66. The van der Waals surface area contributed by atoms with E-state index in [9.17, 15) is 13.2 Å². The number of sulfone groups is 1. The summed E-state index contributed by atoms with van der Waals surface area (Å²) in [6.07, 6.45) is -0.808. The third-order valence-corrected chi connectivity index (χ3v) is 5.39. The van der Waals surface area contributed by atoms with E-state index < -0.39 is 26.9 Å². The van der Waals surface area contributed by atoms with Gasteiger partial charge >= 0.3 is 6.09 Å². The van der Waals surface area contributed by atoms with E-state index in [1.165, 1.54) is 19.2 Å². The fourth-order valence-corrected chi connectivity index (χ4v) is 3.86.